The van der Waals surface area contributed by atoms with Gasteiger partial charge in [-0.05, 0) is 30.7 Å². The molecule has 0 aliphatic heterocycles. The smallest absolute Gasteiger partial charge is 0.119 e. The number of hydrogen-bond acceptors (Lipinski definition) is 4. The van der Waals surface area contributed by atoms with Crippen molar-refractivity contribution in [3.63, 3.8) is 0 Å². The van der Waals surface area contributed by atoms with Gasteiger partial charge in [-0.1, -0.05) is 12.1 Å². The van der Waals surface area contributed by atoms with Crippen molar-refractivity contribution in [2.24, 2.45) is 5.73 Å². The van der Waals surface area contributed by atoms with Crippen molar-refractivity contribution < 1.29 is 14.3 Å². The first-order chi connectivity index (χ1) is 9.15. The minimum absolute atomic E-state index is 0.188. The summed E-state index contributed by atoms with van der Waals surface area (Å²) in [5.74, 6) is 1.34. The number of methoxy groups -OCH3 is 1. The Hall–Kier alpha value is -1.78. The second kappa shape index (κ2) is 5.91. The molecule has 0 saturated heterocycles. The molecule has 19 heavy (non-hydrogen) atoms. The van der Waals surface area contributed by atoms with Crippen molar-refractivity contribution in [2.45, 2.75) is 18.9 Å². The van der Waals surface area contributed by atoms with E-state index in [1.165, 1.54) is 0 Å². The number of nitrogens with two attached hydrogens (primary N) is 1. The molecule has 0 amide bonds. The van der Waals surface area contributed by atoms with E-state index in [4.69, 9.17) is 14.9 Å². The van der Waals surface area contributed by atoms with Crippen molar-refractivity contribution in [1.82, 2.24) is 0 Å². The molecule has 0 aliphatic carbocycles. The van der Waals surface area contributed by atoms with Gasteiger partial charge in [-0.3, -0.25) is 0 Å². The molecule has 4 heteroatoms. The van der Waals surface area contributed by atoms with Gasteiger partial charge in [0.15, 0.2) is 0 Å². The molecule has 0 spiro atoms. The average Bonchev–Trinajstić information content (AvgIpc) is 2.86. The Labute approximate surface area is 112 Å². The van der Waals surface area contributed by atoms with Crippen LogP contribution in [0.15, 0.2) is 41.0 Å². The standard InChI is InChI=1S/C15H19NO3/c1-10-6-12(9-19-10)15(17)14(8-16)11-4-3-5-13(7-11)18-2/h3-7,9,14-15,17H,8,16H2,1-2H3. The molecule has 0 aliphatic rings. The van der Waals surface area contributed by atoms with Crippen LogP contribution < -0.4 is 10.5 Å². The largest absolute Gasteiger partial charge is 0.497 e. The number of hydrogen-bond donors (Lipinski definition) is 2. The lowest BCUT2D eigenvalue weighted by molar-refractivity contribution is 0.146. The van der Waals surface area contributed by atoms with Gasteiger partial charge in [-0.2, -0.15) is 0 Å². The summed E-state index contributed by atoms with van der Waals surface area (Å²) in [6, 6.07) is 9.42. The highest BCUT2D eigenvalue weighted by atomic mass is 16.5. The summed E-state index contributed by atoms with van der Waals surface area (Å²) < 4.78 is 10.4. The van der Waals surface area contributed by atoms with Crippen LogP contribution in [0.5, 0.6) is 5.75 Å². The summed E-state index contributed by atoms with van der Waals surface area (Å²) in [5.41, 5.74) is 7.51. The van der Waals surface area contributed by atoms with E-state index in [-0.39, 0.29) is 5.92 Å². The fraction of sp³-hybridized carbons (Fsp3) is 0.333. The zero-order chi connectivity index (χ0) is 13.8. The van der Waals surface area contributed by atoms with Gasteiger partial charge in [0, 0.05) is 18.0 Å². The van der Waals surface area contributed by atoms with Gasteiger partial charge < -0.3 is 20.0 Å². The minimum atomic E-state index is -0.686. The van der Waals surface area contributed by atoms with E-state index in [1.807, 2.05) is 37.3 Å². The number of aliphatic hydroxyl groups excluding tert-OH is 1. The highest BCUT2D eigenvalue weighted by molar-refractivity contribution is 5.33. The molecule has 102 valence electrons. The van der Waals surface area contributed by atoms with E-state index >= 15 is 0 Å². The van der Waals surface area contributed by atoms with Crippen molar-refractivity contribution in [3.05, 3.63) is 53.5 Å². The van der Waals surface area contributed by atoms with E-state index in [9.17, 15) is 5.11 Å². The Bertz CT molecular complexity index is 536. The molecule has 0 fully saturated rings. The Morgan fingerprint density at radius 2 is 2.11 bits per heavy atom. The monoisotopic (exact) mass is 261 g/mol. The van der Waals surface area contributed by atoms with Crippen molar-refractivity contribution >= 4 is 0 Å². The minimum Gasteiger partial charge on any atom is -0.497 e. The van der Waals surface area contributed by atoms with Gasteiger partial charge >= 0.3 is 0 Å². The lowest BCUT2D eigenvalue weighted by atomic mass is 9.90. The quantitative estimate of drug-likeness (QED) is 0.867. The molecule has 3 N–H and O–H groups in total. The van der Waals surface area contributed by atoms with Crippen molar-refractivity contribution in [1.29, 1.82) is 0 Å². The summed E-state index contributed by atoms with van der Waals surface area (Å²) in [6.45, 7) is 2.19. The Morgan fingerprint density at radius 1 is 1.32 bits per heavy atom. The van der Waals surface area contributed by atoms with Crippen molar-refractivity contribution in [2.75, 3.05) is 13.7 Å². The maximum Gasteiger partial charge on any atom is 0.119 e. The summed E-state index contributed by atoms with van der Waals surface area (Å²) in [4.78, 5) is 0. The normalized spacial score (nSPS) is 14.1. The zero-order valence-electron chi connectivity index (χ0n) is 11.2. The molecule has 2 atom stereocenters. The molecule has 2 rings (SSSR count). The van der Waals surface area contributed by atoms with E-state index in [2.05, 4.69) is 0 Å². The summed E-state index contributed by atoms with van der Waals surface area (Å²) >= 11 is 0. The van der Waals surface area contributed by atoms with Crippen LogP contribution >= 0.6 is 0 Å². The van der Waals surface area contributed by atoms with Crippen LogP contribution in [0.2, 0.25) is 0 Å². The van der Waals surface area contributed by atoms with Gasteiger partial charge in [-0.15, -0.1) is 0 Å². The fourth-order valence-corrected chi connectivity index (χ4v) is 2.17. The van der Waals surface area contributed by atoms with Gasteiger partial charge in [0.1, 0.15) is 11.5 Å². The maximum atomic E-state index is 10.4. The third kappa shape index (κ3) is 2.97. The van der Waals surface area contributed by atoms with Crippen LogP contribution in [0.25, 0.3) is 0 Å². The van der Waals surface area contributed by atoms with Crippen molar-refractivity contribution in [3.8, 4) is 5.75 Å². The third-order valence-corrected chi connectivity index (χ3v) is 3.25. The summed E-state index contributed by atoms with van der Waals surface area (Å²) in [7, 11) is 1.62. The first kappa shape index (κ1) is 13.6. The molecule has 4 nitrogen and oxygen atoms in total. The fourth-order valence-electron chi connectivity index (χ4n) is 2.17. The van der Waals surface area contributed by atoms with Gasteiger partial charge in [0.25, 0.3) is 0 Å². The summed E-state index contributed by atoms with van der Waals surface area (Å²) in [6.07, 6.45) is 0.887. The SMILES string of the molecule is COc1cccc(C(CN)C(O)c2coc(C)c2)c1. The lowest BCUT2D eigenvalue weighted by Crippen LogP contribution is -2.19. The lowest BCUT2D eigenvalue weighted by Gasteiger charge is -2.21. The first-order valence-corrected chi connectivity index (χ1v) is 6.22. The van der Waals surface area contributed by atoms with Crippen LogP contribution in [-0.4, -0.2) is 18.8 Å². The highest BCUT2D eigenvalue weighted by Crippen LogP contribution is 2.32. The van der Waals surface area contributed by atoms with Crippen LogP contribution in [0.1, 0.15) is 28.9 Å². The van der Waals surface area contributed by atoms with Crippen LogP contribution in [0.3, 0.4) is 0 Å². The van der Waals surface area contributed by atoms with Crippen LogP contribution in [-0.2, 0) is 0 Å². The Morgan fingerprint density at radius 3 is 2.68 bits per heavy atom. The second-order valence-electron chi connectivity index (χ2n) is 4.55. The molecule has 2 aromatic rings. The molecule has 1 aromatic heterocycles. The van der Waals surface area contributed by atoms with Gasteiger partial charge in [-0.25, -0.2) is 0 Å². The number of ether oxygens (including phenoxy) is 1. The molecule has 0 radical (unpaired) electrons. The van der Waals surface area contributed by atoms with Gasteiger partial charge in [0.05, 0.1) is 19.5 Å². The molecular weight excluding hydrogens is 242 g/mol. The molecule has 1 heterocycles. The number of aryl methyl sites for hydroxylation is 1. The third-order valence-electron chi connectivity index (χ3n) is 3.25. The number of furan rings is 1. The predicted octanol–water partition coefficient (Wildman–Crippen LogP) is 2.37. The number of benzene rings is 1. The molecule has 2 unspecified atom stereocenters. The topological polar surface area (TPSA) is 68.6 Å². The highest BCUT2D eigenvalue weighted by Gasteiger charge is 2.23. The molecular formula is C15H19NO3. The first-order valence-electron chi connectivity index (χ1n) is 6.22. The zero-order valence-corrected chi connectivity index (χ0v) is 11.2. The maximum absolute atomic E-state index is 10.4. The second-order valence-corrected chi connectivity index (χ2v) is 4.55. The van der Waals surface area contributed by atoms with E-state index in [0.717, 1.165) is 22.6 Å². The van der Waals surface area contributed by atoms with Gasteiger partial charge in [0.2, 0.25) is 0 Å². The number of aliphatic hydroxyl groups is 1. The molecule has 0 saturated carbocycles. The molecule has 0 bridgehead atoms. The van der Waals surface area contributed by atoms with E-state index < -0.39 is 6.10 Å². The predicted molar refractivity (Wildman–Crippen MR) is 73.2 cm³/mol. The Kier molecular flexibility index (Phi) is 4.24. The summed E-state index contributed by atoms with van der Waals surface area (Å²) in [5, 5.41) is 10.4. The Balaban J connectivity index is 2.28. The van der Waals surface area contributed by atoms with Crippen LogP contribution in [0, 0.1) is 6.92 Å². The van der Waals surface area contributed by atoms with E-state index in [1.54, 1.807) is 13.4 Å². The molecule has 1 aromatic carbocycles. The van der Waals surface area contributed by atoms with Crippen LogP contribution in [0.4, 0.5) is 0 Å². The number of rotatable bonds is 5. The average molecular weight is 261 g/mol. The van der Waals surface area contributed by atoms with E-state index in [0.29, 0.717) is 6.54 Å².